The van der Waals surface area contributed by atoms with Crippen molar-refractivity contribution in [2.75, 3.05) is 18.1 Å². The fourth-order valence-corrected chi connectivity index (χ4v) is 5.60. The average molecular weight is 368 g/mol. The number of thioether (sulfide) groups is 2. The van der Waals surface area contributed by atoms with Crippen LogP contribution in [0, 0.1) is 5.41 Å². The van der Waals surface area contributed by atoms with Gasteiger partial charge in [-0.1, -0.05) is 26.0 Å². The molecule has 6 heteroatoms. The fraction of sp³-hybridized carbons (Fsp3) is 0.556. The molecule has 24 heavy (non-hydrogen) atoms. The molecule has 0 saturated carbocycles. The third kappa shape index (κ3) is 4.48. The molecule has 0 unspecified atom stereocenters. The topological polar surface area (TPSA) is 66.4 Å². The van der Waals surface area contributed by atoms with Gasteiger partial charge in [-0.05, 0) is 48.5 Å². The number of hydrogen-bond acceptors (Lipinski definition) is 4. The number of benzene rings is 1. The monoisotopic (exact) mass is 367 g/mol. The first-order valence-corrected chi connectivity index (χ1v) is 10.5. The molecule has 1 aromatic carbocycles. The summed E-state index contributed by atoms with van der Waals surface area (Å²) in [6.45, 7) is 3.85. The van der Waals surface area contributed by atoms with Gasteiger partial charge in [-0.3, -0.25) is 9.59 Å². The van der Waals surface area contributed by atoms with E-state index in [9.17, 15) is 14.7 Å². The van der Waals surface area contributed by atoms with Crippen LogP contribution in [-0.4, -0.2) is 35.0 Å². The lowest BCUT2D eigenvalue weighted by molar-refractivity contribution is -0.149. The summed E-state index contributed by atoms with van der Waals surface area (Å²) in [5.41, 5.74) is 0.935. The van der Waals surface area contributed by atoms with Crippen LogP contribution in [0.2, 0.25) is 0 Å². The highest BCUT2D eigenvalue weighted by Crippen LogP contribution is 2.43. The number of hydrogen-bond donors (Lipinski definition) is 2. The lowest BCUT2D eigenvalue weighted by Gasteiger charge is -2.26. The van der Waals surface area contributed by atoms with E-state index in [1.807, 2.05) is 61.6 Å². The van der Waals surface area contributed by atoms with Gasteiger partial charge in [0.25, 0.3) is 5.91 Å². The summed E-state index contributed by atoms with van der Waals surface area (Å²) in [5, 5.41) is 12.2. The largest absolute Gasteiger partial charge is 0.481 e. The van der Waals surface area contributed by atoms with Gasteiger partial charge in [0.1, 0.15) is 0 Å². The minimum Gasteiger partial charge on any atom is -0.481 e. The maximum absolute atomic E-state index is 12.3. The van der Waals surface area contributed by atoms with Crippen LogP contribution in [-0.2, 0) is 4.79 Å². The molecular formula is C18H25NO3S2. The van der Waals surface area contributed by atoms with Crippen molar-refractivity contribution in [3.8, 4) is 0 Å². The maximum Gasteiger partial charge on any atom is 0.311 e. The molecule has 0 spiro atoms. The highest BCUT2D eigenvalue weighted by molar-refractivity contribution is 8.16. The van der Waals surface area contributed by atoms with Crippen LogP contribution < -0.4 is 5.32 Å². The van der Waals surface area contributed by atoms with Crippen molar-refractivity contribution in [2.45, 2.75) is 37.7 Å². The summed E-state index contributed by atoms with van der Waals surface area (Å²) in [5.74, 6) is 1.31. The standard InChI is InChI=1S/C18H25NO3S2/c1-3-18(4-2,17(21)22)12-19-15(20)13-6-8-14(9-7-13)16-23-10-5-11-24-16/h6-9,16H,3-5,10-12H2,1-2H3,(H,19,20)(H,21,22). The summed E-state index contributed by atoms with van der Waals surface area (Å²) in [6.07, 6.45) is 2.24. The number of carbonyl (C=O) groups is 2. The molecule has 1 saturated heterocycles. The SMILES string of the molecule is CCC(CC)(CNC(=O)c1ccc(C2SCCCS2)cc1)C(=O)O. The van der Waals surface area contributed by atoms with Crippen molar-refractivity contribution in [2.24, 2.45) is 5.41 Å². The average Bonchev–Trinajstić information content (AvgIpc) is 2.63. The number of carbonyl (C=O) groups excluding carboxylic acids is 1. The van der Waals surface area contributed by atoms with Gasteiger partial charge in [-0.2, -0.15) is 0 Å². The van der Waals surface area contributed by atoms with Crippen molar-refractivity contribution < 1.29 is 14.7 Å². The molecule has 1 fully saturated rings. The molecule has 1 heterocycles. The van der Waals surface area contributed by atoms with Crippen LogP contribution in [0.3, 0.4) is 0 Å². The van der Waals surface area contributed by atoms with Gasteiger partial charge in [0.2, 0.25) is 0 Å². The van der Waals surface area contributed by atoms with Gasteiger partial charge in [0, 0.05) is 12.1 Å². The molecule has 0 aliphatic carbocycles. The third-order valence-electron chi connectivity index (χ3n) is 4.67. The molecule has 0 bridgehead atoms. The minimum atomic E-state index is -0.884. The Balaban J connectivity index is 1.98. The zero-order valence-electron chi connectivity index (χ0n) is 14.2. The molecule has 2 rings (SSSR count). The predicted octanol–water partition coefficient (Wildman–Crippen LogP) is 4.18. The number of rotatable bonds is 7. The van der Waals surface area contributed by atoms with E-state index >= 15 is 0 Å². The maximum atomic E-state index is 12.3. The van der Waals surface area contributed by atoms with Crippen LogP contribution in [0.1, 0.15) is 53.6 Å². The quantitative estimate of drug-likeness (QED) is 0.757. The Bertz CT molecular complexity index is 564. The fourth-order valence-electron chi connectivity index (χ4n) is 2.70. The molecule has 4 nitrogen and oxygen atoms in total. The predicted molar refractivity (Wildman–Crippen MR) is 102 cm³/mol. The van der Waals surface area contributed by atoms with Crippen LogP contribution in [0.25, 0.3) is 0 Å². The summed E-state index contributed by atoms with van der Waals surface area (Å²) in [7, 11) is 0. The van der Waals surface area contributed by atoms with Crippen molar-refractivity contribution in [1.82, 2.24) is 5.32 Å². The van der Waals surface area contributed by atoms with Crippen molar-refractivity contribution >= 4 is 35.4 Å². The van der Waals surface area contributed by atoms with E-state index < -0.39 is 11.4 Å². The second kappa shape index (κ2) is 8.81. The Kier molecular flexibility index (Phi) is 7.04. The first-order chi connectivity index (χ1) is 11.5. The van der Waals surface area contributed by atoms with Gasteiger partial charge in [-0.15, -0.1) is 23.5 Å². The van der Waals surface area contributed by atoms with Gasteiger partial charge >= 0.3 is 5.97 Å². The van der Waals surface area contributed by atoms with E-state index in [0.29, 0.717) is 23.0 Å². The molecule has 2 N–H and O–H groups in total. The first kappa shape index (κ1) is 19.2. The van der Waals surface area contributed by atoms with E-state index in [1.54, 1.807) is 0 Å². The molecule has 0 aromatic heterocycles. The van der Waals surface area contributed by atoms with Crippen molar-refractivity contribution in [3.63, 3.8) is 0 Å². The summed E-state index contributed by atoms with van der Waals surface area (Å²) in [4.78, 5) is 23.8. The highest BCUT2D eigenvalue weighted by Gasteiger charge is 2.35. The Labute approximate surface area is 152 Å². The number of aliphatic carboxylic acids is 1. The van der Waals surface area contributed by atoms with Crippen LogP contribution >= 0.6 is 23.5 Å². The molecule has 0 radical (unpaired) electrons. The third-order valence-corrected chi connectivity index (χ3v) is 7.68. The van der Waals surface area contributed by atoms with E-state index in [4.69, 9.17) is 0 Å². The normalized spacial score (nSPS) is 15.9. The number of nitrogens with one attached hydrogen (secondary N) is 1. The van der Waals surface area contributed by atoms with Crippen LogP contribution in [0.15, 0.2) is 24.3 Å². The molecule has 132 valence electrons. The lowest BCUT2D eigenvalue weighted by Crippen LogP contribution is -2.42. The summed E-state index contributed by atoms with van der Waals surface area (Å²) < 4.78 is 0.454. The zero-order valence-corrected chi connectivity index (χ0v) is 15.8. The summed E-state index contributed by atoms with van der Waals surface area (Å²) in [6, 6.07) is 7.69. The second-order valence-electron chi connectivity index (χ2n) is 6.02. The van der Waals surface area contributed by atoms with Gasteiger partial charge < -0.3 is 10.4 Å². The van der Waals surface area contributed by atoms with Gasteiger partial charge in [-0.25, -0.2) is 0 Å². The van der Waals surface area contributed by atoms with E-state index in [2.05, 4.69) is 5.32 Å². The summed E-state index contributed by atoms with van der Waals surface area (Å²) >= 11 is 3.90. The number of carboxylic acids is 1. The first-order valence-electron chi connectivity index (χ1n) is 8.37. The Morgan fingerprint density at radius 1 is 1.17 bits per heavy atom. The lowest BCUT2D eigenvalue weighted by atomic mass is 9.82. The van der Waals surface area contributed by atoms with Crippen molar-refractivity contribution in [3.05, 3.63) is 35.4 Å². The number of carboxylic acid groups (broad SMARTS) is 1. The number of amides is 1. The van der Waals surface area contributed by atoms with Crippen LogP contribution in [0.5, 0.6) is 0 Å². The molecule has 1 aliphatic rings. The highest BCUT2D eigenvalue weighted by atomic mass is 32.2. The van der Waals surface area contributed by atoms with Gasteiger partial charge in [0.15, 0.2) is 0 Å². The zero-order chi connectivity index (χ0) is 17.6. The van der Waals surface area contributed by atoms with E-state index in [-0.39, 0.29) is 12.5 Å². The molecule has 1 aromatic rings. The molecule has 1 amide bonds. The van der Waals surface area contributed by atoms with Crippen molar-refractivity contribution in [1.29, 1.82) is 0 Å². The van der Waals surface area contributed by atoms with E-state index in [0.717, 1.165) is 0 Å². The Hall–Kier alpha value is -1.14. The van der Waals surface area contributed by atoms with Crippen LogP contribution in [0.4, 0.5) is 0 Å². The molecule has 0 atom stereocenters. The minimum absolute atomic E-state index is 0.157. The molecule has 1 aliphatic heterocycles. The second-order valence-corrected chi connectivity index (χ2v) is 8.75. The Morgan fingerprint density at radius 3 is 2.25 bits per heavy atom. The Morgan fingerprint density at radius 2 is 1.75 bits per heavy atom. The smallest absolute Gasteiger partial charge is 0.311 e. The molecular weight excluding hydrogens is 342 g/mol. The van der Waals surface area contributed by atoms with Gasteiger partial charge in [0.05, 0.1) is 10.00 Å². The van der Waals surface area contributed by atoms with E-state index in [1.165, 1.54) is 23.5 Å².